The van der Waals surface area contributed by atoms with Crippen LogP contribution in [0.2, 0.25) is 10.0 Å². The number of benzene rings is 2. The molecule has 1 aliphatic rings. The van der Waals surface area contributed by atoms with Crippen LogP contribution in [0.4, 0.5) is 0 Å². The summed E-state index contributed by atoms with van der Waals surface area (Å²) >= 11 is 12.3. The van der Waals surface area contributed by atoms with Gasteiger partial charge in [0.15, 0.2) is 0 Å². The second kappa shape index (κ2) is 7.43. The lowest BCUT2D eigenvalue weighted by atomic mass is 10.1. The quantitative estimate of drug-likeness (QED) is 0.426. The Hall–Kier alpha value is -2.01. The highest BCUT2D eigenvalue weighted by Crippen LogP contribution is 2.30. The lowest BCUT2D eigenvalue weighted by molar-refractivity contribution is 0.222. The molecule has 4 aromatic rings. The molecule has 0 radical (unpaired) electrons. The molecule has 28 heavy (non-hydrogen) atoms. The summed E-state index contributed by atoms with van der Waals surface area (Å²) in [4.78, 5) is 7.53. The summed E-state index contributed by atoms with van der Waals surface area (Å²) in [5.74, 6) is 0.972. The highest BCUT2D eigenvalue weighted by Gasteiger charge is 2.16. The van der Waals surface area contributed by atoms with E-state index in [4.69, 9.17) is 28.2 Å². The van der Waals surface area contributed by atoms with E-state index < -0.39 is 0 Å². The number of imidazole rings is 2. The first kappa shape index (κ1) is 18.0. The van der Waals surface area contributed by atoms with Gasteiger partial charge in [0.2, 0.25) is 5.78 Å². The third kappa shape index (κ3) is 3.20. The number of halogens is 2. The SMILES string of the molecule is Clc1ccc(-c2cn3c4ccccc4n(CCN4CCCCC4)c3n2)cc1Cl. The summed E-state index contributed by atoms with van der Waals surface area (Å²) in [7, 11) is 0. The Bertz CT molecular complexity index is 1140. The van der Waals surface area contributed by atoms with Crippen molar-refractivity contribution in [2.75, 3.05) is 19.6 Å². The smallest absolute Gasteiger partial charge is 0.215 e. The number of nitrogens with zero attached hydrogens (tertiary/aromatic N) is 4. The van der Waals surface area contributed by atoms with Crippen molar-refractivity contribution in [3.05, 3.63) is 58.7 Å². The van der Waals surface area contributed by atoms with Gasteiger partial charge in [-0.2, -0.15) is 0 Å². The number of fused-ring (bicyclic) bond motifs is 3. The maximum atomic E-state index is 6.22. The van der Waals surface area contributed by atoms with Crippen LogP contribution in [0.15, 0.2) is 48.7 Å². The molecule has 1 aliphatic heterocycles. The average Bonchev–Trinajstić information content (AvgIpc) is 3.27. The molecule has 2 aromatic heterocycles. The highest BCUT2D eigenvalue weighted by atomic mass is 35.5. The summed E-state index contributed by atoms with van der Waals surface area (Å²) in [5.41, 5.74) is 4.29. The predicted octanol–water partition coefficient (Wildman–Crippen LogP) is 5.75. The fraction of sp³-hybridized carbons (Fsp3) is 0.318. The first-order valence-corrected chi connectivity index (χ1v) is 10.6. The first-order chi connectivity index (χ1) is 13.7. The van der Waals surface area contributed by atoms with Gasteiger partial charge in [0.1, 0.15) is 0 Å². The van der Waals surface area contributed by atoms with E-state index in [2.05, 4.69) is 44.3 Å². The van der Waals surface area contributed by atoms with Gasteiger partial charge in [-0.25, -0.2) is 4.98 Å². The Morgan fingerprint density at radius 1 is 0.857 bits per heavy atom. The number of likely N-dealkylation sites (tertiary alicyclic amines) is 1. The second-order valence-corrected chi connectivity index (χ2v) is 8.28. The Kier molecular flexibility index (Phi) is 4.79. The Morgan fingerprint density at radius 3 is 2.43 bits per heavy atom. The van der Waals surface area contributed by atoms with Crippen LogP contribution in [0.3, 0.4) is 0 Å². The van der Waals surface area contributed by atoms with Gasteiger partial charge in [-0.05, 0) is 50.2 Å². The molecular formula is C22H22Cl2N4. The van der Waals surface area contributed by atoms with Gasteiger partial charge in [0.25, 0.3) is 0 Å². The summed E-state index contributed by atoms with van der Waals surface area (Å²) in [5, 5.41) is 1.11. The molecule has 0 bridgehead atoms. The molecule has 1 saturated heterocycles. The molecular weight excluding hydrogens is 391 g/mol. The number of para-hydroxylation sites is 2. The minimum absolute atomic E-state index is 0.551. The third-order valence-corrected chi connectivity index (χ3v) is 6.40. The maximum absolute atomic E-state index is 6.22. The van der Waals surface area contributed by atoms with Crippen LogP contribution in [0.1, 0.15) is 19.3 Å². The lowest BCUT2D eigenvalue weighted by Crippen LogP contribution is -2.32. The number of hydrogen-bond donors (Lipinski definition) is 0. The zero-order chi connectivity index (χ0) is 19.1. The third-order valence-electron chi connectivity index (χ3n) is 5.66. The van der Waals surface area contributed by atoms with Crippen LogP contribution in [0, 0.1) is 0 Å². The van der Waals surface area contributed by atoms with Crippen LogP contribution >= 0.6 is 23.2 Å². The van der Waals surface area contributed by atoms with Crippen molar-refractivity contribution in [1.29, 1.82) is 0 Å². The molecule has 4 nitrogen and oxygen atoms in total. The van der Waals surface area contributed by atoms with Crippen molar-refractivity contribution >= 4 is 40.0 Å². The first-order valence-electron chi connectivity index (χ1n) is 9.85. The largest absolute Gasteiger partial charge is 0.308 e. The van der Waals surface area contributed by atoms with Gasteiger partial charge in [-0.15, -0.1) is 0 Å². The predicted molar refractivity (Wildman–Crippen MR) is 116 cm³/mol. The zero-order valence-corrected chi connectivity index (χ0v) is 17.1. The topological polar surface area (TPSA) is 25.5 Å². The minimum atomic E-state index is 0.551. The van der Waals surface area contributed by atoms with E-state index in [0.29, 0.717) is 10.0 Å². The van der Waals surface area contributed by atoms with Gasteiger partial charge in [0, 0.05) is 24.8 Å². The molecule has 0 saturated carbocycles. The van der Waals surface area contributed by atoms with Crippen molar-refractivity contribution in [3.63, 3.8) is 0 Å². The van der Waals surface area contributed by atoms with E-state index in [0.717, 1.165) is 30.1 Å². The standard InChI is InChI=1S/C22H22Cl2N4/c23-17-9-8-16(14-18(17)24)19-15-28-21-7-3-2-6-20(21)27(22(28)25-19)13-12-26-10-4-1-5-11-26/h2-3,6-9,14-15H,1,4-5,10-13H2. The summed E-state index contributed by atoms with van der Waals surface area (Å²) in [6, 6.07) is 14.2. The molecule has 144 valence electrons. The molecule has 0 aliphatic carbocycles. The number of aromatic nitrogens is 3. The summed E-state index contributed by atoms with van der Waals surface area (Å²) in [6.07, 6.45) is 6.08. The molecule has 0 N–H and O–H groups in total. The second-order valence-electron chi connectivity index (χ2n) is 7.47. The van der Waals surface area contributed by atoms with Crippen molar-refractivity contribution in [2.24, 2.45) is 0 Å². The van der Waals surface area contributed by atoms with Crippen LogP contribution < -0.4 is 0 Å². The van der Waals surface area contributed by atoms with E-state index in [1.54, 1.807) is 0 Å². The molecule has 5 rings (SSSR count). The summed E-state index contributed by atoms with van der Waals surface area (Å²) in [6.45, 7) is 4.41. The number of piperidine rings is 1. The van der Waals surface area contributed by atoms with Crippen molar-refractivity contribution < 1.29 is 0 Å². The fourth-order valence-electron chi connectivity index (χ4n) is 4.18. The highest BCUT2D eigenvalue weighted by molar-refractivity contribution is 6.42. The molecule has 0 unspecified atom stereocenters. The van der Waals surface area contributed by atoms with E-state index in [9.17, 15) is 0 Å². The Morgan fingerprint density at radius 2 is 1.64 bits per heavy atom. The van der Waals surface area contributed by atoms with E-state index >= 15 is 0 Å². The molecule has 3 heterocycles. The molecule has 6 heteroatoms. The van der Waals surface area contributed by atoms with Crippen LogP contribution in [-0.2, 0) is 6.54 Å². The van der Waals surface area contributed by atoms with Gasteiger partial charge in [-0.3, -0.25) is 4.40 Å². The molecule has 0 atom stereocenters. The Labute approximate surface area is 174 Å². The molecule has 2 aromatic carbocycles. The van der Waals surface area contributed by atoms with Crippen molar-refractivity contribution in [3.8, 4) is 11.3 Å². The van der Waals surface area contributed by atoms with E-state index in [1.807, 2.05) is 18.2 Å². The molecule has 1 fully saturated rings. The van der Waals surface area contributed by atoms with Gasteiger partial charge in [0.05, 0.1) is 26.8 Å². The maximum Gasteiger partial charge on any atom is 0.215 e. The monoisotopic (exact) mass is 412 g/mol. The van der Waals surface area contributed by atoms with Crippen LogP contribution in [0.5, 0.6) is 0 Å². The van der Waals surface area contributed by atoms with Crippen molar-refractivity contribution in [1.82, 2.24) is 18.9 Å². The minimum Gasteiger partial charge on any atom is -0.308 e. The molecule has 0 amide bonds. The van der Waals surface area contributed by atoms with Crippen LogP contribution in [-0.4, -0.2) is 38.5 Å². The zero-order valence-electron chi connectivity index (χ0n) is 15.6. The Balaban J connectivity index is 1.56. The van der Waals surface area contributed by atoms with Crippen molar-refractivity contribution in [2.45, 2.75) is 25.8 Å². The van der Waals surface area contributed by atoms with Gasteiger partial charge < -0.3 is 9.47 Å². The van der Waals surface area contributed by atoms with E-state index in [1.165, 1.54) is 43.4 Å². The van der Waals surface area contributed by atoms with E-state index in [-0.39, 0.29) is 0 Å². The van der Waals surface area contributed by atoms with Gasteiger partial charge in [-0.1, -0.05) is 47.8 Å². The number of rotatable bonds is 4. The lowest BCUT2D eigenvalue weighted by Gasteiger charge is -2.26. The average molecular weight is 413 g/mol. The van der Waals surface area contributed by atoms with Gasteiger partial charge >= 0.3 is 0 Å². The summed E-state index contributed by atoms with van der Waals surface area (Å²) < 4.78 is 4.52. The normalized spacial score (nSPS) is 15.6. The molecule has 0 spiro atoms. The number of hydrogen-bond acceptors (Lipinski definition) is 2. The van der Waals surface area contributed by atoms with Crippen LogP contribution in [0.25, 0.3) is 28.1 Å². The fourth-order valence-corrected chi connectivity index (χ4v) is 4.48.